The van der Waals surface area contributed by atoms with Gasteiger partial charge in [-0.15, -0.1) is 11.3 Å². The monoisotopic (exact) mass is 445 g/mol. The van der Waals surface area contributed by atoms with Gasteiger partial charge < -0.3 is 4.90 Å². The van der Waals surface area contributed by atoms with E-state index in [0.717, 1.165) is 32.2 Å². The predicted molar refractivity (Wildman–Crippen MR) is 120 cm³/mol. The number of rotatable bonds is 5. The number of benzene rings is 1. The standard InChI is InChI=1S/C22H24FN3O2S2/c1-3-16-6-4-5-10-25(16)19(27)13-30-22-24-17-9-11-29-20(17)21(28)26(22)18-8-7-15(23)12-14(18)2/h7-9,11-12,16H,3-6,10,13H2,1-2H3/t16-/m1/s1. The molecule has 4 rings (SSSR count). The van der Waals surface area contributed by atoms with Crippen LogP contribution >= 0.6 is 23.1 Å². The zero-order valence-corrected chi connectivity index (χ0v) is 18.7. The van der Waals surface area contributed by atoms with E-state index in [0.29, 0.717) is 32.7 Å². The van der Waals surface area contributed by atoms with Crippen molar-refractivity contribution in [2.75, 3.05) is 12.3 Å². The van der Waals surface area contributed by atoms with E-state index in [2.05, 4.69) is 11.9 Å². The number of aromatic nitrogens is 2. The molecule has 0 bridgehead atoms. The Morgan fingerprint density at radius 3 is 2.93 bits per heavy atom. The van der Waals surface area contributed by atoms with Gasteiger partial charge >= 0.3 is 0 Å². The Morgan fingerprint density at radius 1 is 1.33 bits per heavy atom. The SMILES string of the molecule is CC[C@@H]1CCCCN1C(=O)CSc1nc2ccsc2c(=O)n1-c1ccc(F)cc1C. The molecule has 0 spiro atoms. The van der Waals surface area contributed by atoms with Crippen LogP contribution in [0.4, 0.5) is 4.39 Å². The van der Waals surface area contributed by atoms with Gasteiger partial charge in [0.25, 0.3) is 5.56 Å². The maximum absolute atomic E-state index is 13.6. The van der Waals surface area contributed by atoms with E-state index in [4.69, 9.17) is 0 Å². The van der Waals surface area contributed by atoms with Crippen LogP contribution in [0.1, 0.15) is 38.2 Å². The maximum atomic E-state index is 13.6. The largest absolute Gasteiger partial charge is 0.339 e. The second-order valence-corrected chi connectivity index (χ2v) is 9.39. The molecule has 0 aliphatic carbocycles. The number of piperidine rings is 1. The molecule has 2 aromatic heterocycles. The van der Waals surface area contributed by atoms with Gasteiger partial charge in [-0.05, 0) is 67.8 Å². The van der Waals surface area contributed by atoms with Gasteiger partial charge in [-0.25, -0.2) is 9.37 Å². The van der Waals surface area contributed by atoms with Crippen LogP contribution in [0.25, 0.3) is 15.9 Å². The van der Waals surface area contributed by atoms with Crippen molar-refractivity contribution in [1.82, 2.24) is 14.5 Å². The first-order chi connectivity index (χ1) is 14.5. The Kier molecular flexibility index (Phi) is 6.24. The van der Waals surface area contributed by atoms with Crippen molar-refractivity contribution >= 4 is 39.2 Å². The molecule has 3 aromatic rings. The quantitative estimate of drug-likeness (QED) is 0.419. The van der Waals surface area contributed by atoms with Crippen molar-refractivity contribution < 1.29 is 9.18 Å². The molecule has 0 radical (unpaired) electrons. The molecule has 0 unspecified atom stereocenters. The van der Waals surface area contributed by atoms with Crippen molar-refractivity contribution in [2.45, 2.75) is 50.7 Å². The minimum atomic E-state index is -0.352. The Morgan fingerprint density at radius 2 is 2.17 bits per heavy atom. The minimum absolute atomic E-state index is 0.0774. The van der Waals surface area contributed by atoms with Gasteiger partial charge in [0.1, 0.15) is 10.5 Å². The predicted octanol–water partition coefficient (Wildman–Crippen LogP) is 4.78. The molecule has 3 heterocycles. The van der Waals surface area contributed by atoms with E-state index in [1.54, 1.807) is 13.0 Å². The lowest BCUT2D eigenvalue weighted by molar-refractivity contribution is -0.132. The summed E-state index contributed by atoms with van der Waals surface area (Å²) in [7, 11) is 0. The molecule has 0 N–H and O–H groups in total. The third-order valence-corrected chi connectivity index (χ3v) is 7.41. The first kappa shape index (κ1) is 21.1. The number of amides is 1. The number of nitrogens with zero attached hydrogens (tertiary/aromatic N) is 3. The van der Waals surface area contributed by atoms with E-state index in [9.17, 15) is 14.0 Å². The summed E-state index contributed by atoms with van der Waals surface area (Å²) >= 11 is 2.61. The van der Waals surface area contributed by atoms with Crippen LogP contribution in [-0.2, 0) is 4.79 Å². The smallest absolute Gasteiger partial charge is 0.276 e. The van der Waals surface area contributed by atoms with Crippen LogP contribution in [0.5, 0.6) is 0 Å². The van der Waals surface area contributed by atoms with E-state index < -0.39 is 0 Å². The van der Waals surface area contributed by atoms with Crippen molar-refractivity contribution in [3.05, 3.63) is 51.4 Å². The van der Waals surface area contributed by atoms with Crippen molar-refractivity contribution in [3.63, 3.8) is 0 Å². The summed E-state index contributed by atoms with van der Waals surface area (Å²) in [4.78, 5) is 32.8. The number of thioether (sulfide) groups is 1. The average molecular weight is 446 g/mol. The Labute approximate surface area is 182 Å². The minimum Gasteiger partial charge on any atom is -0.339 e. The molecule has 5 nitrogen and oxygen atoms in total. The second kappa shape index (κ2) is 8.89. The molecule has 1 fully saturated rings. The van der Waals surface area contributed by atoms with Gasteiger partial charge in [-0.3, -0.25) is 14.2 Å². The van der Waals surface area contributed by atoms with Crippen molar-refractivity contribution in [2.24, 2.45) is 0 Å². The van der Waals surface area contributed by atoms with Gasteiger partial charge in [0, 0.05) is 12.6 Å². The van der Waals surface area contributed by atoms with E-state index in [1.807, 2.05) is 16.3 Å². The third-order valence-electron chi connectivity index (χ3n) is 5.59. The van der Waals surface area contributed by atoms with Gasteiger partial charge in [0.2, 0.25) is 5.91 Å². The lowest BCUT2D eigenvalue weighted by Crippen LogP contribution is -2.44. The Hall–Kier alpha value is -2.19. The molecule has 1 amide bonds. The zero-order valence-electron chi connectivity index (χ0n) is 17.1. The molecule has 1 aliphatic heterocycles. The highest BCUT2D eigenvalue weighted by molar-refractivity contribution is 7.99. The summed E-state index contributed by atoms with van der Waals surface area (Å²) in [6.45, 7) is 4.67. The van der Waals surface area contributed by atoms with E-state index in [1.165, 1.54) is 39.8 Å². The number of carbonyl (C=O) groups is 1. The molecule has 30 heavy (non-hydrogen) atoms. The number of hydrogen-bond donors (Lipinski definition) is 0. The summed E-state index contributed by atoms with van der Waals surface area (Å²) in [5, 5.41) is 2.29. The number of fused-ring (bicyclic) bond motifs is 1. The lowest BCUT2D eigenvalue weighted by atomic mass is 10.0. The normalized spacial score (nSPS) is 16.9. The highest BCUT2D eigenvalue weighted by Gasteiger charge is 2.26. The molecule has 1 atom stereocenters. The van der Waals surface area contributed by atoms with Crippen LogP contribution in [0, 0.1) is 12.7 Å². The van der Waals surface area contributed by atoms with Crippen molar-refractivity contribution in [3.8, 4) is 5.69 Å². The molecule has 8 heteroatoms. The number of halogens is 1. The van der Waals surface area contributed by atoms with Crippen LogP contribution in [0.15, 0.2) is 39.6 Å². The molecular formula is C22H24FN3O2S2. The zero-order chi connectivity index (χ0) is 21.3. The third kappa shape index (κ3) is 4.03. The van der Waals surface area contributed by atoms with Gasteiger partial charge in [0.05, 0.1) is 17.0 Å². The van der Waals surface area contributed by atoms with Crippen LogP contribution in [-0.4, -0.2) is 38.7 Å². The van der Waals surface area contributed by atoms with E-state index in [-0.39, 0.29) is 23.0 Å². The fraction of sp³-hybridized carbons (Fsp3) is 0.409. The fourth-order valence-corrected chi connectivity index (χ4v) is 5.68. The van der Waals surface area contributed by atoms with Gasteiger partial charge in [-0.2, -0.15) is 0 Å². The molecule has 0 saturated carbocycles. The number of aryl methyl sites for hydroxylation is 1. The Bertz CT molecular complexity index is 1140. The first-order valence-electron chi connectivity index (χ1n) is 10.2. The van der Waals surface area contributed by atoms with Crippen LogP contribution < -0.4 is 5.56 Å². The summed E-state index contributed by atoms with van der Waals surface area (Å²) < 4.78 is 15.7. The number of hydrogen-bond acceptors (Lipinski definition) is 5. The summed E-state index contributed by atoms with van der Waals surface area (Å²) in [6.07, 6.45) is 4.20. The summed E-state index contributed by atoms with van der Waals surface area (Å²) in [6, 6.07) is 6.44. The van der Waals surface area contributed by atoms with Crippen molar-refractivity contribution in [1.29, 1.82) is 0 Å². The summed E-state index contributed by atoms with van der Waals surface area (Å²) in [5.74, 6) is -0.0538. The molecule has 1 saturated heterocycles. The van der Waals surface area contributed by atoms with Crippen LogP contribution in [0.3, 0.4) is 0 Å². The number of likely N-dealkylation sites (tertiary alicyclic amines) is 1. The van der Waals surface area contributed by atoms with Gasteiger partial charge in [-0.1, -0.05) is 18.7 Å². The maximum Gasteiger partial charge on any atom is 0.276 e. The molecule has 158 valence electrons. The number of carbonyl (C=O) groups excluding carboxylic acids is 1. The molecule has 1 aliphatic rings. The average Bonchev–Trinajstić information content (AvgIpc) is 3.22. The first-order valence-corrected chi connectivity index (χ1v) is 12.0. The highest BCUT2D eigenvalue weighted by Crippen LogP contribution is 2.27. The second-order valence-electron chi connectivity index (χ2n) is 7.53. The fourth-order valence-electron chi connectivity index (χ4n) is 4.03. The van der Waals surface area contributed by atoms with Crippen LogP contribution in [0.2, 0.25) is 0 Å². The molecule has 1 aromatic carbocycles. The van der Waals surface area contributed by atoms with Gasteiger partial charge in [0.15, 0.2) is 5.16 Å². The molecular weight excluding hydrogens is 421 g/mol. The Balaban J connectivity index is 1.69. The number of thiophene rings is 1. The summed E-state index contributed by atoms with van der Waals surface area (Å²) in [5.41, 5.74) is 1.66. The highest BCUT2D eigenvalue weighted by atomic mass is 32.2. The lowest BCUT2D eigenvalue weighted by Gasteiger charge is -2.35. The van der Waals surface area contributed by atoms with E-state index >= 15 is 0 Å². The topological polar surface area (TPSA) is 55.2 Å².